The van der Waals surface area contributed by atoms with Gasteiger partial charge in [0.05, 0.1) is 6.54 Å². The summed E-state index contributed by atoms with van der Waals surface area (Å²) in [6.45, 7) is 9.06. The van der Waals surface area contributed by atoms with Crippen LogP contribution in [0.5, 0.6) is 0 Å². The number of fused-ring (bicyclic) bond motifs is 1. The largest absolute Gasteiger partial charge is 0.444 e. The second kappa shape index (κ2) is 6.32. The zero-order valence-electron chi connectivity index (χ0n) is 14.4. The summed E-state index contributed by atoms with van der Waals surface area (Å²) in [5, 5.41) is 0. The molecule has 1 aromatic carbocycles. The highest BCUT2D eigenvalue weighted by atomic mass is 16.6. The number of aromatic nitrogens is 1. The third-order valence-electron chi connectivity index (χ3n) is 3.84. The molecular weight excluding hydrogens is 308 g/mol. The van der Waals surface area contributed by atoms with E-state index in [1.165, 1.54) is 0 Å². The van der Waals surface area contributed by atoms with Crippen LogP contribution < -0.4 is 5.73 Å². The molecule has 1 saturated heterocycles. The van der Waals surface area contributed by atoms with Gasteiger partial charge >= 0.3 is 6.09 Å². The van der Waals surface area contributed by atoms with Gasteiger partial charge in [-0.15, -0.1) is 0 Å². The van der Waals surface area contributed by atoms with Gasteiger partial charge in [0.2, 0.25) is 5.89 Å². The van der Waals surface area contributed by atoms with Crippen LogP contribution in [0.3, 0.4) is 0 Å². The minimum absolute atomic E-state index is 0.250. The molecule has 0 unspecified atom stereocenters. The molecule has 0 spiro atoms. The van der Waals surface area contributed by atoms with E-state index in [9.17, 15) is 4.79 Å². The maximum Gasteiger partial charge on any atom is 0.410 e. The number of oxazole rings is 1. The Kier molecular flexibility index (Phi) is 4.36. The Hall–Kier alpha value is -2.28. The predicted octanol–water partition coefficient (Wildman–Crippen LogP) is 2.46. The van der Waals surface area contributed by atoms with Crippen LogP contribution in [0.4, 0.5) is 10.5 Å². The van der Waals surface area contributed by atoms with Crippen molar-refractivity contribution in [1.29, 1.82) is 0 Å². The number of amides is 1. The monoisotopic (exact) mass is 332 g/mol. The van der Waals surface area contributed by atoms with E-state index in [4.69, 9.17) is 14.9 Å². The van der Waals surface area contributed by atoms with Gasteiger partial charge < -0.3 is 19.8 Å². The van der Waals surface area contributed by atoms with Crippen LogP contribution in [0.15, 0.2) is 22.6 Å². The number of ether oxygens (including phenoxy) is 1. The third kappa shape index (κ3) is 3.97. The molecule has 7 nitrogen and oxygen atoms in total. The smallest absolute Gasteiger partial charge is 0.410 e. The van der Waals surface area contributed by atoms with Crippen LogP contribution in [-0.2, 0) is 11.3 Å². The Labute approximate surface area is 141 Å². The molecule has 2 heterocycles. The number of rotatable bonds is 2. The Balaban J connectivity index is 1.55. The minimum atomic E-state index is -0.464. The topological polar surface area (TPSA) is 84.8 Å². The lowest BCUT2D eigenvalue weighted by atomic mass is 10.2. The van der Waals surface area contributed by atoms with E-state index >= 15 is 0 Å². The summed E-state index contributed by atoms with van der Waals surface area (Å²) in [6, 6.07) is 5.46. The van der Waals surface area contributed by atoms with E-state index in [1.807, 2.05) is 32.9 Å². The standard InChI is InChI=1S/C17H24N4O3/c1-17(2,3)24-16(22)21-8-6-20(7-9-21)11-15-19-13-5-4-12(18)10-14(13)23-15/h4-5,10H,6-9,11,18H2,1-3H3. The zero-order valence-corrected chi connectivity index (χ0v) is 14.4. The van der Waals surface area contributed by atoms with E-state index in [-0.39, 0.29) is 6.09 Å². The molecule has 1 aliphatic heterocycles. The lowest BCUT2D eigenvalue weighted by molar-refractivity contribution is 0.0133. The van der Waals surface area contributed by atoms with Gasteiger partial charge in [-0.3, -0.25) is 4.90 Å². The van der Waals surface area contributed by atoms with Crippen LogP contribution >= 0.6 is 0 Å². The highest BCUT2D eigenvalue weighted by molar-refractivity contribution is 5.76. The summed E-state index contributed by atoms with van der Waals surface area (Å²) in [4.78, 5) is 20.5. The molecule has 1 aromatic heterocycles. The average molecular weight is 332 g/mol. The quantitative estimate of drug-likeness (QED) is 0.850. The first-order valence-corrected chi connectivity index (χ1v) is 8.15. The normalized spacial score (nSPS) is 16.5. The van der Waals surface area contributed by atoms with Crippen LogP contribution in [0.1, 0.15) is 26.7 Å². The number of carbonyl (C=O) groups is 1. The van der Waals surface area contributed by atoms with E-state index in [2.05, 4.69) is 9.88 Å². The summed E-state index contributed by atoms with van der Waals surface area (Å²) < 4.78 is 11.2. The highest BCUT2D eigenvalue weighted by Crippen LogP contribution is 2.20. The zero-order chi connectivity index (χ0) is 17.3. The molecule has 3 rings (SSSR count). The molecule has 0 aliphatic carbocycles. The molecule has 0 saturated carbocycles. The van der Waals surface area contributed by atoms with Crippen molar-refractivity contribution in [1.82, 2.24) is 14.8 Å². The Morgan fingerprint density at radius 1 is 1.29 bits per heavy atom. The summed E-state index contributed by atoms with van der Waals surface area (Å²) in [5.74, 6) is 0.668. The summed E-state index contributed by atoms with van der Waals surface area (Å²) in [6.07, 6.45) is -0.250. The van der Waals surface area contributed by atoms with E-state index in [1.54, 1.807) is 11.0 Å². The summed E-state index contributed by atoms with van der Waals surface area (Å²) in [5.41, 5.74) is 7.47. The number of anilines is 1. The lowest BCUT2D eigenvalue weighted by Crippen LogP contribution is -2.49. The molecule has 24 heavy (non-hydrogen) atoms. The van der Waals surface area contributed by atoms with E-state index in [0.29, 0.717) is 36.8 Å². The number of nitrogen functional groups attached to an aromatic ring is 1. The van der Waals surface area contributed by atoms with Gasteiger partial charge in [0, 0.05) is 37.9 Å². The second-order valence-corrected chi connectivity index (χ2v) is 7.08. The summed E-state index contributed by atoms with van der Waals surface area (Å²) >= 11 is 0. The molecule has 0 atom stereocenters. The van der Waals surface area contributed by atoms with E-state index < -0.39 is 5.60 Å². The fourth-order valence-corrected chi connectivity index (χ4v) is 2.66. The maximum atomic E-state index is 12.1. The van der Waals surface area contributed by atoms with Crippen LogP contribution in [0.2, 0.25) is 0 Å². The van der Waals surface area contributed by atoms with E-state index in [0.717, 1.165) is 18.6 Å². The van der Waals surface area contributed by atoms with Crippen molar-refractivity contribution >= 4 is 22.9 Å². The third-order valence-corrected chi connectivity index (χ3v) is 3.84. The fraction of sp³-hybridized carbons (Fsp3) is 0.529. The fourth-order valence-electron chi connectivity index (χ4n) is 2.66. The van der Waals surface area contributed by atoms with Crippen molar-refractivity contribution < 1.29 is 13.9 Å². The molecule has 2 aromatic rings. The molecule has 7 heteroatoms. The Morgan fingerprint density at radius 3 is 2.67 bits per heavy atom. The van der Waals surface area contributed by atoms with Crippen LogP contribution in [0, 0.1) is 0 Å². The van der Waals surface area contributed by atoms with Crippen molar-refractivity contribution in [2.45, 2.75) is 32.9 Å². The first-order valence-electron chi connectivity index (χ1n) is 8.15. The molecule has 0 bridgehead atoms. The number of hydrogen-bond donors (Lipinski definition) is 1. The summed E-state index contributed by atoms with van der Waals surface area (Å²) in [7, 11) is 0. The van der Waals surface area contributed by atoms with Crippen molar-refractivity contribution in [3.63, 3.8) is 0 Å². The minimum Gasteiger partial charge on any atom is -0.444 e. The Morgan fingerprint density at radius 2 is 2.00 bits per heavy atom. The van der Waals surface area contributed by atoms with Gasteiger partial charge in [-0.2, -0.15) is 0 Å². The maximum absolute atomic E-state index is 12.1. The number of carbonyl (C=O) groups excluding carboxylic acids is 1. The number of piperazine rings is 1. The molecule has 1 aliphatic rings. The van der Waals surface area contributed by atoms with Gasteiger partial charge in [0.15, 0.2) is 5.58 Å². The number of nitrogens with two attached hydrogens (primary N) is 1. The van der Waals surface area contributed by atoms with Gasteiger partial charge in [0.1, 0.15) is 11.1 Å². The first-order chi connectivity index (χ1) is 11.3. The molecule has 2 N–H and O–H groups in total. The van der Waals surface area contributed by atoms with Gasteiger partial charge in [-0.1, -0.05) is 0 Å². The van der Waals surface area contributed by atoms with Crippen molar-refractivity contribution in [2.24, 2.45) is 0 Å². The van der Waals surface area contributed by atoms with Crippen molar-refractivity contribution in [3.8, 4) is 0 Å². The van der Waals surface area contributed by atoms with Crippen molar-refractivity contribution in [3.05, 3.63) is 24.1 Å². The van der Waals surface area contributed by atoms with Crippen molar-refractivity contribution in [2.75, 3.05) is 31.9 Å². The second-order valence-electron chi connectivity index (χ2n) is 7.08. The van der Waals surface area contributed by atoms with Gasteiger partial charge in [-0.25, -0.2) is 9.78 Å². The van der Waals surface area contributed by atoms with Crippen LogP contribution in [0.25, 0.3) is 11.1 Å². The van der Waals surface area contributed by atoms with Crippen LogP contribution in [-0.4, -0.2) is 52.7 Å². The number of benzene rings is 1. The number of nitrogens with zero attached hydrogens (tertiary/aromatic N) is 3. The highest BCUT2D eigenvalue weighted by Gasteiger charge is 2.26. The van der Waals surface area contributed by atoms with Gasteiger partial charge in [0.25, 0.3) is 0 Å². The van der Waals surface area contributed by atoms with Gasteiger partial charge in [-0.05, 0) is 32.9 Å². The SMILES string of the molecule is CC(C)(C)OC(=O)N1CCN(Cc2nc3ccc(N)cc3o2)CC1. The molecular formula is C17H24N4O3. The average Bonchev–Trinajstić information content (AvgIpc) is 2.87. The lowest BCUT2D eigenvalue weighted by Gasteiger charge is -2.35. The molecule has 1 fully saturated rings. The first kappa shape index (κ1) is 16.6. The number of hydrogen-bond acceptors (Lipinski definition) is 6. The Bertz CT molecular complexity index is 727. The molecule has 130 valence electrons. The molecule has 0 radical (unpaired) electrons. The predicted molar refractivity (Wildman–Crippen MR) is 91.5 cm³/mol. The molecule has 1 amide bonds.